The Balaban J connectivity index is 2.77. The minimum atomic E-state index is 0.500. The second-order valence-electron chi connectivity index (χ2n) is 4.96. The van der Waals surface area contributed by atoms with Crippen LogP contribution in [0.3, 0.4) is 0 Å². The zero-order valence-corrected chi connectivity index (χ0v) is 12.9. The summed E-state index contributed by atoms with van der Waals surface area (Å²) in [5, 5.41) is 1.19. The molecule has 18 heavy (non-hydrogen) atoms. The first-order valence-electron chi connectivity index (χ1n) is 6.61. The van der Waals surface area contributed by atoms with Gasteiger partial charge in [0.25, 0.3) is 0 Å². The third-order valence-electron chi connectivity index (χ3n) is 2.85. The molecule has 0 saturated heterocycles. The quantitative estimate of drug-likeness (QED) is 0.654. The van der Waals surface area contributed by atoms with Gasteiger partial charge in [-0.2, -0.15) is 0 Å². The highest BCUT2D eigenvalue weighted by Gasteiger charge is 2.14. The minimum Gasteiger partial charge on any atom is -0.368 e. The highest BCUT2D eigenvalue weighted by molar-refractivity contribution is 6.38. The van der Waals surface area contributed by atoms with Crippen LogP contribution < -0.4 is 4.90 Å². The number of anilines is 1. The average molecular weight is 289 g/mol. The summed E-state index contributed by atoms with van der Waals surface area (Å²) in [5.41, 5.74) is 0.881. The van der Waals surface area contributed by atoms with E-state index in [1.54, 1.807) is 12.3 Å². The maximum Gasteiger partial charge on any atom is 0.153 e. The van der Waals surface area contributed by atoms with Gasteiger partial charge in [-0.25, -0.2) is 4.98 Å². The number of hydrogen-bond donors (Lipinski definition) is 0. The first-order chi connectivity index (χ1) is 8.56. The Morgan fingerprint density at radius 1 is 1.28 bits per heavy atom. The smallest absolute Gasteiger partial charge is 0.153 e. The van der Waals surface area contributed by atoms with Crippen molar-refractivity contribution in [3.8, 4) is 0 Å². The van der Waals surface area contributed by atoms with Gasteiger partial charge in [0.05, 0.1) is 10.7 Å². The number of nitrogens with zero attached hydrogens (tertiary/aromatic N) is 2. The summed E-state index contributed by atoms with van der Waals surface area (Å²) in [6, 6.07) is 1.80. The van der Waals surface area contributed by atoms with Crippen LogP contribution in [0.15, 0.2) is 12.3 Å². The first kappa shape index (κ1) is 15.6. The molecule has 0 N–H and O–H groups in total. The van der Waals surface area contributed by atoms with E-state index >= 15 is 0 Å². The Morgan fingerprint density at radius 2 is 2.00 bits per heavy atom. The Morgan fingerprint density at radius 3 is 2.56 bits per heavy atom. The number of rotatable bonds is 7. The molecule has 0 bridgehead atoms. The molecule has 1 aromatic heterocycles. The van der Waals surface area contributed by atoms with Gasteiger partial charge in [-0.3, -0.25) is 0 Å². The maximum atomic E-state index is 6.24. The molecule has 0 unspecified atom stereocenters. The summed E-state index contributed by atoms with van der Waals surface area (Å²) in [4.78, 5) is 6.38. The van der Waals surface area contributed by atoms with Crippen molar-refractivity contribution in [2.45, 2.75) is 40.0 Å². The Bertz CT molecular complexity index is 347. The molecule has 1 rings (SSSR count). The zero-order chi connectivity index (χ0) is 13.5. The predicted octanol–water partition coefficient (Wildman–Crippen LogP) is 5.04. The van der Waals surface area contributed by atoms with Crippen molar-refractivity contribution in [3.63, 3.8) is 0 Å². The summed E-state index contributed by atoms with van der Waals surface area (Å²) < 4.78 is 0. The average Bonchev–Trinajstić information content (AvgIpc) is 2.28. The van der Waals surface area contributed by atoms with Crippen molar-refractivity contribution in [2.24, 2.45) is 5.92 Å². The summed E-state index contributed by atoms with van der Waals surface area (Å²) in [6.45, 7) is 8.59. The predicted molar refractivity (Wildman–Crippen MR) is 80.8 cm³/mol. The van der Waals surface area contributed by atoms with Gasteiger partial charge in [0.15, 0.2) is 5.15 Å². The molecule has 0 saturated carbocycles. The zero-order valence-electron chi connectivity index (χ0n) is 11.4. The van der Waals surface area contributed by atoms with Crippen molar-refractivity contribution in [3.05, 3.63) is 22.4 Å². The standard InChI is InChI=1S/C14H22Cl2N2/c1-4-9-18(10-5-6-11(2)3)13-12(15)7-8-17-14(13)16/h7-8,11H,4-6,9-10H2,1-3H3. The molecular weight excluding hydrogens is 267 g/mol. The molecule has 0 aliphatic heterocycles. The molecular formula is C14H22Cl2N2. The van der Waals surface area contributed by atoms with E-state index in [0.717, 1.165) is 37.5 Å². The van der Waals surface area contributed by atoms with Crippen molar-refractivity contribution < 1.29 is 0 Å². The summed E-state index contributed by atoms with van der Waals surface area (Å²) in [5.74, 6) is 0.730. The lowest BCUT2D eigenvalue weighted by molar-refractivity contribution is 0.548. The van der Waals surface area contributed by atoms with Gasteiger partial charge in [-0.05, 0) is 31.2 Å². The van der Waals surface area contributed by atoms with E-state index in [-0.39, 0.29) is 0 Å². The van der Waals surface area contributed by atoms with Gasteiger partial charge >= 0.3 is 0 Å². The molecule has 0 radical (unpaired) electrons. The molecule has 0 fully saturated rings. The van der Waals surface area contributed by atoms with Crippen molar-refractivity contribution >= 4 is 28.9 Å². The summed E-state index contributed by atoms with van der Waals surface area (Å²) >= 11 is 12.4. The van der Waals surface area contributed by atoms with Crippen LogP contribution in [0.25, 0.3) is 0 Å². The van der Waals surface area contributed by atoms with Crippen LogP contribution in [0.2, 0.25) is 10.2 Å². The summed E-state index contributed by atoms with van der Waals surface area (Å²) in [6.07, 6.45) is 5.09. The topological polar surface area (TPSA) is 16.1 Å². The third-order valence-corrected chi connectivity index (χ3v) is 3.43. The third kappa shape index (κ3) is 4.66. The summed E-state index contributed by atoms with van der Waals surface area (Å²) in [7, 11) is 0. The van der Waals surface area contributed by atoms with E-state index in [9.17, 15) is 0 Å². The van der Waals surface area contributed by atoms with E-state index in [1.807, 2.05) is 0 Å². The maximum absolute atomic E-state index is 6.24. The molecule has 0 aliphatic rings. The second kappa shape index (κ2) is 7.85. The molecule has 0 aromatic carbocycles. The molecule has 0 spiro atoms. The van der Waals surface area contributed by atoms with Crippen LogP contribution >= 0.6 is 23.2 Å². The van der Waals surface area contributed by atoms with Crippen molar-refractivity contribution in [1.29, 1.82) is 0 Å². The minimum absolute atomic E-state index is 0.500. The largest absolute Gasteiger partial charge is 0.368 e. The molecule has 102 valence electrons. The van der Waals surface area contributed by atoms with E-state index < -0.39 is 0 Å². The highest BCUT2D eigenvalue weighted by atomic mass is 35.5. The number of pyridine rings is 1. The fraction of sp³-hybridized carbons (Fsp3) is 0.643. The molecule has 1 heterocycles. The van der Waals surface area contributed by atoms with Crippen LogP contribution in [0.4, 0.5) is 5.69 Å². The lowest BCUT2D eigenvalue weighted by atomic mass is 10.1. The SMILES string of the molecule is CCCN(CCCC(C)C)c1c(Cl)ccnc1Cl. The Kier molecular flexibility index (Phi) is 6.80. The molecule has 0 aliphatic carbocycles. The molecule has 4 heteroatoms. The van der Waals surface area contributed by atoms with E-state index in [2.05, 4.69) is 30.7 Å². The molecule has 1 aromatic rings. The van der Waals surface area contributed by atoms with Crippen LogP contribution in [-0.4, -0.2) is 18.1 Å². The fourth-order valence-electron chi connectivity index (χ4n) is 1.98. The lowest BCUT2D eigenvalue weighted by Gasteiger charge is -2.26. The van der Waals surface area contributed by atoms with Crippen LogP contribution in [0.5, 0.6) is 0 Å². The second-order valence-corrected chi connectivity index (χ2v) is 5.72. The Hall–Kier alpha value is -0.470. The van der Waals surface area contributed by atoms with E-state index in [1.165, 1.54) is 6.42 Å². The van der Waals surface area contributed by atoms with Gasteiger partial charge in [0, 0.05) is 19.3 Å². The van der Waals surface area contributed by atoms with Crippen LogP contribution in [0, 0.1) is 5.92 Å². The normalized spacial score (nSPS) is 11.0. The fourth-order valence-corrected chi connectivity index (χ4v) is 2.58. The first-order valence-corrected chi connectivity index (χ1v) is 7.36. The van der Waals surface area contributed by atoms with Gasteiger partial charge in [0.1, 0.15) is 0 Å². The number of hydrogen-bond acceptors (Lipinski definition) is 2. The van der Waals surface area contributed by atoms with Crippen molar-refractivity contribution in [1.82, 2.24) is 4.98 Å². The number of aromatic nitrogens is 1. The molecule has 0 amide bonds. The van der Waals surface area contributed by atoms with E-state index in [0.29, 0.717) is 10.2 Å². The monoisotopic (exact) mass is 288 g/mol. The van der Waals surface area contributed by atoms with Gasteiger partial charge in [0.2, 0.25) is 0 Å². The lowest BCUT2D eigenvalue weighted by Crippen LogP contribution is -2.26. The van der Waals surface area contributed by atoms with E-state index in [4.69, 9.17) is 23.2 Å². The van der Waals surface area contributed by atoms with Crippen LogP contribution in [-0.2, 0) is 0 Å². The molecule has 0 atom stereocenters. The van der Waals surface area contributed by atoms with Gasteiger partial charge in [-0.1, -0.05) is 44.0 Å². The highest BCUT2D eigenvalue weighted by Crippen LogP contribution is 2.32. The number of halogens is 2. The molecule has 2 nitrogen and oxygen atoms in total. The van der Waals surface area contributed by atoms with Gasteiger partial charge < -0.3 is 4.90 Å². The van der Waals surface area contributed by atoms with Crippen LogP contribution in [0.1, 0.15) is 40.0 Å². The Labute approximate surface area is 120 Å². The van der Waals surface area contributed by atoms with Crippen molar-refractivity contribution in [2.75, 3.05) is 18.0 Å². The van der Waals surface area contributed by atoms with Gasteiger partial charge in [-0.15, -0.1) is 0 Å².